The zero-order valence-corrected chi connectivity index (χ0v) is 6.44. The summed E-state index contributed by atoms with van der Waals surface area (Å²) in [6.07, 6.45) is 4.38. The van der Waals surface area contributed by atoms with Crippen LogP contribution < -0.4 is 0 Å². The highest BCUT2D eigenvalue weighted by Gasteiger charge is 1.79. The molecule has 8 heavy (non-hydrogen) atoms. The summed E-state index contributed by atoms with van der Waals surface area (Å²) in [6.45, 7) is 1.95. The van der Waals surface area contributed by atoms with Gasteiger partial charge in [0.05, 0.1) is 0 Å². The van der Waals surface area contributed by atoms with Crippen molar-refractivity contribution in [1.82, 2.24) is 0 Å². The van der Waals surface area contributed by atoms with Crippen molar-refractivity contribution >= 4 is 22.2 Å². The molecule has 0 aromatic carbocycles. The Morgan fingerprint density at radius 2 is 2.25 bits per heavy atom. The van der Waals surface area contributed by atoms with Crippen molar-refractivity contribution < 1.29 is 4.79 Å². The lowest BCUT2D eigenvalue weighted by Crippen LogP contribution is -1.70. The number of rotatable bonds is 3. The van der Waals surface area contributed by atoms with Gasteiger partial charge < -0.3 is 4.79 Å². The van der Waals surface area contributed by atoms with E-state index in [2.05, 4.69) is 15.9 Å². The maximum Gasteiger partial charge on any atom is 0.120 e. The third-order valence-corrected chi connectivity index (χ3v) is 1.03. The molecule has 0 aliphatic heterocycles. The van der Waals surface area contributed by atoms with Gasteiger partial charge in [0.1, 0.15) is 6.29 Å². The van der Waals surface area contributed by atoms with E-state index in [1.807, 2.05) is 13.0 Å². The fourth-order valence-electron chi connectivity index (χ4n) is 0.350. The molecule has 0 spiro atoms. The van der Waals surface area contributed by atoms with E-state index in [0.717, 1.165) is 17.2 Å². The van der Waals surface area contributed by atoms with Crippen LogP contribution in [0, 0.1) is 0 Å². The van der Waals surface area contributed by atoms with Crippen molar-refractivity contribution in [3.05, 3.63) is 10.6 Å². The monoisotopic (exact) mass is 176 g/mol. The highest BCUT2D eigenvalue weighted by Crippen LogP contribution is 2.03. The summed E-state index contributed by atoms with van der Waals surface area (Å²) >= 11 is 3.25. The van der Waals surface area contributed by atoms with Gasteiger partial charge >= 0.3 is 0 Å². The van der Waals surface area contributed by atoms with Gasteiger partial charge in [-0.05, 0) is 17.8 Å². The average Bonchev–Trinajstić information content (AvgIpc) is 1.66. The maximum atomic E-state index is 9.74. The predicted octanol–water partition coefficient (Wildman–Crippen LogP) is 2.26. The van der Waals surface area contributed by atoms with Gasteiger partial charge in [-0.15, -0.1) is 0 Å². The molecule has 0 saturated heterocycles. The molecule has 0 aromatic rings. The van der Waals surface area contributed by atoms with Gasteiger partial charge in [-0.3, -0.25) is 0 Å². The van der Waals surface area contributed by atoms with Crippen LogP contribution in [0.4, 0.5) is 0 Å². The Bertz CT molecular complexity index is 92.7. The number of aldehydes is 1. The first-order valence-corrected chi connectivity index (χ1v) is 3.32. The molecule has 0 aliphatic rings. The summed E-state index contributed by atoms with van der Waals surface area (Å²) in [7, 11) is 0. The predicted molar refractivity (Wildman–Crippen MR) is 38.0 cm³/mol. The average molecular weight is 177 g/mol. The zero-order valence-electron chi connectivity index (χ0n) is 4.86. The van der Waals surface area contributed by atoms with Gasteiger partial charge in [0.15, 0.2) is 0 Å². The molecule has 0 radical (unpaired) electrons. The first-order chi connectivity index (χ1) is 3.77. The molecule has 0 atom stereocenters. The lowest BCUT2D eigenvalue weighted by atomic mass is 10.3. The molecule has 0 N–H and O–H groups in total. The Morgan fingerprint density at radius 3 is 2.62 bits per heavy atom. The van der Waals surface area contributed by atoms with Gasteiger partial charge in [-0.2, -0.15) is 0 Å². The Balaban J connectivity index is 3.15. The maximum absolute atomic E-state index is 9.74. The van der Waals surface area contributed by atoms with E-state index < -0.39 is 0 Å². The molecule has 0 rings (SSSR count). The van der Waals surface area contributed by atoms with Gasteiger partial charge in [-0.25, -0.2) is 0 Å². The third kappa shape index (κ3) is 5.89. The number of allylic oxidation sites excluding steroid dienone is 2. The van der Waals surface area contributed by atoms with Crippen molar-refractivity contribution in [2.45, 2.75) is 19.8 Å². The second-order valence-electron chi connectivity index (χ2n) is 1.53. The zero-order chi connectivity index (χ0) is 6.41. The van der Waals surface area contributed by atoms with Crippen LogP contribution in [0.25, 0.3) is 0 Å². The van der Waals surface area contributed by atoms with E-state index in [0.29, 0.717) is 6.42 Å². The first-order valence-electron chi connectivity index (χ1n) is 2.53. The summed E-state index contributed by atoms with van der Waals surface area (Å²) in [5.74, 6) is 0. The Labute approximate surface area is 57.9 Å². The van der Waals surface area contributed by atoms with E-state index >= 15 is 0 Å². The third-order valence-electron chi connectivity index (χ3n) is 0.710. The van der Waals surface area contributed by atoms with Crippen molar-refractivity contribution in [3.8, 4) is 0 Å². The minimum absolute atomic E-state index is 0.628. The molecule has 0 fully saturated rings. The smallest absolute Gasteiger partial charge is 0.120 e. The molecule has 0 aromatic heterocycles. The van der Waals surface area contributed by atoms with E-state index in [1.54, 1.807) is 0 Å². The van der Waals surface area contributed by atoms with Crippen LogP contribution in [0.2, 0.25) is 0 Å². The van der Waals surface area contributed by atoms with E-state index in [9.17, 15) is 4.79 Å². The van der Waals surface area contributed by atoms with Crippen LogP contribution in [0.15, 0.2) is 10.6 Å². The molecule has 0 heterocycles. The van der Waals surface area contributed by atoms with Crippen LogP contribution in [0.3, 0.4) is 0 Å². The Hall–Kier alpha value is -0.110. The standard InChI is InChI=1S/C6H9BrO/c1-6(7)4-2-3-5-8/h4-5H,2-3H2,1H3/b6-4+. The molecule has 46 valence electrons. The highest BCUT2D eigenvalue weighted by molar-refractivity contribution is 9.11. The number of hydrogen-bond acceptors (Lipinski definition) is 1. The van der Waals surface area contributed by atoms with E-state index in [4.69, 9.17) is 0 Å². The largest absolute Gasteiger partial charge is 0.303 e. The van der Waals surface area contributed by atoms with Crippen LogP contribution in [-0.2, 0) is 4.79 Å². The number of halogens is 1. The fraction of sp³-hybridized carbons (Fsp3) is 0.500. The molecule has 0 amide bonds. The van der Waals surface area contributed by atoms with Crippen molar-refractivity contribution in [2.75, 3.05) is 0 Å². The van der Waals surface area contributed by atoms with Gasteiger partial charge in [0.25, 0.3) is 0 Å². The minimum atomic E-state index is 0.628. The number of carbonyl (C=O) groups is 1. The van der Waals surface area contributed by atoms with Crippen LogP contribution in [0.1, 0.15) is 19.8 Å². The Kier molecular flexibility index (Phi) is 4.97. The van der Waals surface area contributed by atoms with Gasteiger partial charge in [0.2, 0.25) is 0 Å². The van der Waals surface area contributed by atoms with Crippen LogP contribution >= 0.6 is 15.9 Å². The second kappa shape index (κ2) is 5.04. The number of hydrogen-bond donors (Lipinski definition) is 0. The van der Waals surface area contributed by atoms with Crippen molar-refractivity contribution in [2.24, 2.45) is 0 Å². The SMILES string of the molecule is C/C(Br)=C\CCC=O. The lowest BCUT2D eigenvalue weighted by molar-refractivity contribution is -0.107. The number of unbranched alkanes of at least 4 members (excludes halogenated alkanes) is 1. The second-order valence-corrected chi connectivity index (χ2v) is 2.79. The van der Waals surface area contributed by atoms with Gasteiger partial charge in [-0.1, -0.05) is 22.0 Å². The van der Waals surface area contributed by atoms with Crippen LogP contribution in [-0.4, -0.2) is 6.29 Å². The molecule has 0 bridgehead atoms. The lowest BCUT2D eigenvalue weighted by Gasteiger charge is -1.82. The topological polar surface area (TPSA) is 17.1 Å². The summed E-state index contributed by atoms with van der Waals surface area (Å²) in [5.41, 5.74) is 0. The molecule has 1 nitrogen and oxygen atoms in total. The Morgan fingerprint density at radius 1 is 1.62 bits per heavy atom. The summed E-state index contributed by atoms with van der Waals surface area (Å²) < 4.78 is 1.10. The van der Waals surface area contributed by atoms with Crippen molar-refractivity contribution in [3.63, 3.8) is 0 Å². The summed E-state index contributed by atoms with van der Waals surface area (Å²) in [5, 5.41) is 0. The van der Waals surface area contributed by atoms with E-state index in [-0.39, 0.29) is 0 Å². The van der Waals surface area contributed by atoms with E-state index in [1.165, 1.54) is 0 Å². The molecular formula is C6H9BrO. The minimum Gasteiger partial charge on any atom is -0.303 e. The molecule has 0 unspecified atom stereocenters. The highest BCUT2D eigenvalue weighted by atomic mass is 79.9. The van der Waals surface area contributed by atoms with Crippen molar-refractivity contribution in [1.29, 1.82) is 0 Å². The normalized spacial score (nSPS) is 11.5. The molecule has 2 heteroatoms. The quantitative estimate of drug-likeness (QED) is 0.477. The van der Waals surface area contributed by atoms with Gasteiger partial charge in [0, 0.05) is 6.42 Å². The summed E-state index contributed by atoms with van der Waals surface area (Å²) in [4.78, 5) is 9.74. The molecule has 0 aliphatic carbocycles. The molecule has 0 saturated carbocycles. The molecular weight excluding hydrogens is 168 g/mol. The first kappa shape index (κ1) is 7.89. The fourth-order valence-corrected chi connectivity index (χ4v) is 0.579. The van der Waals surface area contributed by atoms with Crippen LogP contribution in [0.5, 0.6) is 0 Å². The summed E-state index contributed by atoms with van der Waals surface area (Å²) in [6, 6.07) is 0. The number of carbonyl (C=O) groups excluding carboxylic acids is 1.